The Hall–Kier alpha value is -1.10. The highest BCUT2D eigenvalue weighted by Gasteiger charge is 2.27. The molecule has 0 radical (unpaired) electrons. The molecule has 1 aromatic carbocycles. The predicted octanol–water partition coefficient (Wildman–Crippen LogP) is 6.68. The van der Waals surface area contributed by atoms with E-state index in [-0.39, 0.29) is 11.9 Å². The van der Waals surface area contributed by atoms with Gasteiger partial charge in [-0.1, -0.05) is 50.8 Å². The van der Waals surface area contributed by atoms with E-state index in [1.165, 1.54) is 32.1 Å². The Bertz CT molecular complexity index is 511. The number of carbonyl (C=O) groups is 1. The third-order valence-corrected chi connectivity index (χ3v) is 5.64. The monoisotopic (exact) mass is 370 g/mol. The van der Waals surface area contributed by atoms with Gasteiger partial charge in [-0.2, -0.15) is 8.78 Å². The molecule has 0 amide bonds. The molecule has 1 aliphatic carbocycles. The molecule has 0 aliphatic heterocycles. The number of halogens is 2. The van der Waals surface area contributed by atoms with E-state index in [1.807, 2.05) is 0 Å². The SMILES string of the molecule is CCCCCCC1CCC(C(=O)Oc2ccc(SC(F)F)cc2)CC1. The summed E-state index contributed by atoms with van der Waals surface area (Å²) in [6, 6.07) is 6.29. The van der Waals surface area contributed by atoms with Gasteiger partial charge in [0.05, 0.1) is 5.92 Å². The van der Waals surface area contributed by atoms with Crippen molar-refractivity contribution in [3.05, 3.63) is 24.3 Å². The zero-order valence-corrected chi connectivity index (χ0v) is 15.7. The van der Waals surface area contributed by atoms with Crippen LogP contribution in [0.4, 0.5) is 8.78 Å². The second-order valence-corrected chi connectivity index (χ2v) is 7.90. The maximum absolute atomic E-state index is 12.3. The minimum Gasteiger partial charge on any atom is -0.426 e. The van der Waals surface area contributed by atoms with Crippen LogP contribution in [0.1, 0.15) is 64.7 Å². The highest BCUT2D eigenvalue weighted by molar-refractivity contribution is 7.99. The molecule has 0 heterocycles. The van der Waals surface area contributed by atoms with Crippen molar-refractivity contribution in [1.82, 2.24) is 0 Å². The summed E-state index contributed by atoms with van der Waals surface area (Å²) < 4.78 is 30.0. The van der Waals surface area contributed by atoms with E-state index in [0.29, 0.717) is 22.4 Å². The molecule has 0 aromatic heterocycles. The first-order valence-corrected chi connectivity index (χ1v) is 10.2. The Morgan fingerprint density at radius 3 is 2.40 bits per heavy atom. The topological polar surface area (TPSA) is 26.3 Å². The molecule has 0 bridgehead atoms. The van der Waals surface area contributed by atoms with Crippen molar-refractivity contribution in [2.45, 2.75) is 75.4 Å². The van der Waals surface area contributed by atoms with Crippen LogP contribution in [-0.2, 0) is 4.79 Å². The summed E-state index contributed by atoms with van der Waals surface area (Å²) in [5.74, 6) is -1.46. The van der Waals surface area contributed by atoms with Gasteiger partial charge in [-0.25, -0.2) is 0 Å². The molecule has 1 fully saturated rings. The summed E-state index contributed by atoms with van der Waals surface area (Å²) in [6.45, 7) is 2.22. The molecular formula is C20H28F2O2S. The van der Waals surface area contributed by atoms with Crippen LogP contribution in [0.15, 0.2) is 29.2 Å². The number of thioether (sulfide) groups is 1. The molecule has 25 heavy (non-hydrogen) atoms. The number of benzene rings is 1. The van der Waals surface area contributed by atoms with Crippen molar-refractivity contribution in [1.29, 1.82) is 0 Å². The van der Waals surface area contributed by atoms with Gasteiger partial charge in [0, 0.05) is 4.90 Å². The van der Waals surface area contributed by atoms with Crippen molar-refractivity contribution < 1.29 is 18.3 Å². The lowest BCUT2D eigenvalue weighted by Gasteiger charge is -2.27. The van der Waals surface area contributed by atoms with Crippen LogP contribution in [0.2, 0.25) is 0 Å². The number of carbonyl (C=O) groups excluding carboxylic acids is 1. The van der Waals surface area contributed by atoms with Gasteiger partial charge in [0.25, 0.3) is 5.76 Å². The quantitative estimate of drug-likeness (QED) is 0.210. The average molecular weight is 371 g/mol. The van der Waals surface area contributed by atoms with Gasteiger partial charge in [0.2, 0.25) is 0 Å². The van der Waals surface area contributed by atoms with E-state index in [0.717, 1.165) is 31.6 Å². The summed E-state index contributed by atoms with van der Waals surface area (Å²) in [7, 11) is 0. The van der Waals surface area contributed by atoms with Crippen LogP contribution in [0.3, 0.4) is 0 Å². The molecule has 0 N–H and O–H groups in total. The van der Waals surface area contributed by atoms with Crippen LogP contribution in [0, 0.1) is 11.8 Å². The van der Waals surface area contributed by atoms with Crippen molar-refractivity contribution in [2.24, 2.45) is 11.8 Å². The molecule has 0 unspecified atom stereocenters. The first-order valence-electron chi connectivity index (χ1n) is 9.35. The van der Waals surface area contributed by atoms with Crippen molar-refractivity contribution in [3.8, 4) is 5.75 Å². The molecule has 140 valence electrons. The van der Waals surface area contributed by atoms with Crippen LogP contribution < -0.4 is 4.74 Å². The molecule has 2 rings (SSSR count). The maximum Gasteiger partial charge on any atom is 0.314 e. The fourth-order valence-corrected chi connectivity index (χ4v) is 3.93. The van der Waals surface area contributed by atoms with Gasteiger partial charge in [-0.3, -0.25) is 4.79 Å². The number of rotatable bonds is 9. The van der Waals surface area contributed by atoms with Crippen molar-refractivity contribution >= 4 is 17.7 Å². The molecule has 1 aliphatic rings. The summed E-state index contributed by atoms with van der Waals surface area (Å²) in [4.78, 5) is 12.8. The number of hydrogen-bond acceptors (Lipinski definition) is 3. The fourth-order valence-electron chi connectivity index (χ4n) is 3.44. The highest BCUT2D eigenvalue weighted by atomic mass is 32.2. The van der Waals surface area contributed by atoms with E-state index in [9.17, 15) is 13.6 Å². The zero-order chi connectivity index (χ0) is 18.1. The Morgan fingerprint density at radius 1 is 1.12 bits per heavy atom. The van der Waals surface area contributed by atoms with Crippen LogP contribution in [0.5, 0.6) is 5.75 Å². The number of hydrogen-bond donors (Lipinski definition) is 0. The highest BCUT2D eigenvalue weighted by Crippen LogP contribution is 2.33. The lowest BCUT2D eigenvalue weighted by atomic mass is 9.80. The lowest BCUT2D eigenvalue weighted by molar-refractivity contribution is -0.140. The Kier molecular flexibility index (Phi) is 8.73. The number of ether oxygens (including phenoxy) is 1. The summed E-state index contributed by atoms with van der Waals surface area (Å²) >= 11 is 0.490. The zero-order valence-electron chi connectivity index (χ0n) is 14.9. The summed E-state index contributed by atoms with van der Waals surface area (Å²) in [5.41, 5.74) is 0. The molecule has 0 atom stereocenters. The van der Waals surface area contributed by atoms with Gasteiger partial charge >= 0.3 is 5.97 Å². The number of esters is 1. The van der Waals surface area contributed by atoms with Gasteiger partial charge in [0.15, 0.2) is 0 Å². The molecular weight excluding hydrogens is 342 g/mol. The molecule has 2 nitrogen and oxygen atoms in total. The van der Waals surface area contributed by atoms with Crippen LogP contribution >= 0.6 is 11.8 Å². The molecule has 0 saturated heterocycles. The molecule has 0 spiro atoms. The van der Waals surface area contributed by atoms with E-state index in [2.05, 4.69) is 6.92 Å². The normalized spacial score (nSPS) is 20.6. The predicted molar refractivity (Wildman–Crippen MR) is 98.1 cm³/mol. The van der Waals surface area contributed by atoms with E-state index >= 15 is 0 Å². The first kappa shape index (κ1) is 20.2. The van der Waals surface area contributed by atoms with Crippen LogP contribution in [0.25, 0.3) is 0 Å². The largest absolute Gasteiger partial charge is 0.426 e. The first-order chi connectivity index (χ1) is 12.1. The number of unbranched alkanes of at least 4 members (excludes halogenated alkanes) is 3. The second kappa shape index (κ2) is 10.8. The van der Waals surface area contributed by atoms with E-state index in [4.69, 9.17) is 4.74 Å². The van der Waals surface area contributed by atoms with Gasteiger partial charge < -0.3 is 4.74 Å². The average Bonchev–Trinajstić information content (AvgIpc) is 2.60. The van der Waals surface area contributed by atoms with Crippen molar-refractivity contribution in [2.75, 3.05) is 0 Å². The smallest absolute Gasteiger partial charge is 0.314 e. The minimum atomic E-state index is -2.44. The summed E-state index contributed by atoms with van der Waals surface area (Å²) in [6.07, 6.45) is 10.5. The standard InChI is InChI=1S/C20H28F2O2S/c1-2-3-4-5-6-15-7-9-16(10-8-15)19(23)24-17-11-13-18(14-12-17)25-20(21)22/h11-16,20H,2-10H2,1H3. The number of alkyl halides is 2. The van der Waals surface area contributed by atoms with Gasteiger partial charge in [0.1, 0.15) is 5.75 Å². The third kappa shape index (κ3) is 7.35. The van der Waals surface area contributed by atoms with Gasteiger partial charge in [-0.15, -0.1) is 0 Å². The second-order valence-electron chi connectivity index (χ2n) is 6.84. The Morgan fingerprint density at radius 2 is 1.80 bits per heavy atom. The molecule has 1 saturated carbocycles. The van der Waals surface area contributed by atoms with Crippen LogP contribution in [-0.4, -0.2) is 11.7 Å². The Labute approximate surface area is 153 Å². The third-order valence-electron chi connectivity index (χ3n) is 4.91. The van der Waals surface area contributed by atoms with Gasteiger partial charge in [-0.05, 0) is 55.9 Å². The van der Waals surface area contributed by atoms with E-state index in [1.54, 1.807) is 24.3 Å². The van der Waals surface area contributed by atoms with Crippen molar-refractivity contribution in [3.63, 3.8) is 0 Å². The fraction of sp³-hybridized carbons (Fsp3) is 0.650. The minimum absolute atomic E-state index is 0.0259. The molecule has 5 heteroatoms. The molecule has 1 aromatic rings. The lowest BCUT2D eigenvalue weighted by Crippen LogP contribution is -2.25. The summed E-state index contributed by atoms with van der Waals surface area (Å²) in [5, 5.41) is 0. The Balaban J connectivity index is 1.71. The maximum atomic E-state index is 12.3. The van der Waals surface area contributed by atoms with E-state index < -0.39 is 5.76 Å².